The fraction of sp³-hybridized carbons (Fsp3) is 0.143. The highest BCUT2D eigenvalue weighted by molar-refractivity contribution is 7.07. The van der Waals surface area contributed by atoms with Gasteiger partial charge in [-0.25, -0.2) is 0 Å². The van der Waals surface area contributed by atoms with Gasteiger partial charge in [0.2, 0.25) is 4.80 Å². The van der Waals surface area contributed by atoms with Crippen LogP contribution < -0.4 is 9.54 Å². The van der Waals surface area contributed by atoms with E-state index in [4.69, 9.17) is 4.74 Å². The lowest BCUT2D eigenvalue weighted by Gasteiger charge is -2.07. The van der Waals surface area contributed by atoms with Crippen molar-refractivity contribution in [3.8, 4) is 17.0 Å². The lowest BCUT2D eigenvalue weighted by Crippen LogP contribution is -2.14. The molecule has 0 aliphatic carbocycles. The predicted molar refractivity (Wildman–Crippen MR) is 109 cm³/mol. The third kappa shape index (κ3) is 4.37. The summed E-state index contributed by atoms with van der Waals surface area (Å²) in [5, 5.41) is 10.7. The van der Waals surface area contributed by atoms with Crippen LogP contribution in [-0.2, 0) is 6.54 Å². The molecule has 0 unspecified atom stereocenters. The molecule has 0 N–H and O–H groups in total. The summed E-state index contributed by atoms with van der Waals surface area (Å²) in [6, 6.07) is 18.0. The number of hydrogen-bond acceptors (Lipinski definition) is 4. The number of rotatable bonds is 7. The Morgan fingerprint density at radius 2 is 1.88 bits per heavy atom. The quantitative estimate of drug-likeness (QED) is 0.340. The highest BCUT2D eigenvalue weighted by Gasteiger charge is 2.07. The molecule has 0 bridgehead atoms. The van der Waals surface area contributed by atoms with Gasteiger partial charge < -0.3 is 9.30 Å². The third-order valence-corrected chi connectivity index (χ3v) is 4.57. The van der Waals surface area contributed by atoms with Crippen molar-refractivity contribution in [1.82, 2.24) is 4.57 Å². The van der Waals surface area contributed by atoms with E-state index in [0.717, 1.165) is 27.4 Å². The predicted octanol–water partition coefficient (Wildman–Crippen LogP) is 4.74. The Hall–Kier alpha value is -2.92. The van der Waals surface area contributed by atoms with Crippen LogP contribution in [0.1, 0.15) is 12.5 Å². The molecule has 4 nitrogen and oxygen atoms in total. The maximum Gasteiger partial charge on any atom is 0.211 e. The van der Waals surface area contributed by atoms with Gasteiger partial charge in [-0.3, -0.25) is 0 Å². The van der Waals surface area contributed by atoms with Crippen molar-refractivity contribution in [3.63, 3.8) is 0 Å². The van der Waals surface area contributed by atoms with E-state index in [9.17, 15) is 0 Å². The molecule has 0 radical (unpaired) electrons. The largest absolute Gasteiger partial charge is 0.494 e. The second-order valence-corrected chi connectivity index (χ2v) is 6.35. The van der Waals surface area contributed by atoms with E-state index >= 15 is 0 Å². The molecular formula is C21H21N3OS. The number of nitrogens with zero attached hydrogens (tertiary/aromatic N) is 3. The molecule has 1 aromatic heterocycles. The van der Waals surface area contributed by atoms with Crippen LogP contribution in [-0.4, -0.2) is 17.4 Å². The summed E-state index contributed by atoms with van der Waals surface area (Å²) in [7, 11) is 0. The molecule has 0 saturated carbocycles. The van der Waals surface area contributed by atoms with Crippen LogP contribution in [0.2, 0.25) is 0 Å². The minimum Gasteiger partial charge on any atom is -0.494 e. The van der Waals surface area contributed by atoms with Gasteiger partial charge in [-0.2, -0.15) is 5.10 Å². The molecule has 0 aliphatic rings. The van der Waals surface area contributed by atoms with Gasteiger partial charge >= 0.3 is 0 Å². The van der Waals surface area contributed by atoms with Crippen molar-refractivity contribution in [2.45, 2.75) is 13.5 Å². The average Bonchev–Trinajstić information content (AvgIpc) is 3.07. The topological polar surface area (TPSA) is 38.9 Å². The molecule has 0 amide bonds. The molecule has 5 heteroatoms. The molecule has 0 fully saturated rings. The minimum absolute atomic E-state index is 0.663. The zero-order valence-corrected chi connectivity index (χ0v) is 15.5. The van der Waals surface area contributed by atoms with Gasteiger partial charge in [0.1, 0.15) is 5.75 Å². The molecular weight excluding hydrogens is 342 g/mol. The highest BCUT2D eigenvalue weighted by atomic mass is 32.1. The van der Waals surface area contributed by atoms with Crippen LogP contribution >= 0.6 is 11.3 Å². The fourth-order valence-corrected chi connectivity index (χ4v) is 3.39. The summed E-state index contributed by atoms with van der Waals surface area (Å²) in [6.45, 7) is 7.18. The summed E-state index contributed by atoms with van der Waals surface area (Å²) in [5.74, 6) is 0.874. The molecule has 0 saturated heterocycles. The van der Waals surface area contributed by atoms with Crippen molar-refractivity contribution in [2.75, 3.05) is 6.61 Å². The monoisotopic (exact) mass is 363 g/mol. The van der Waals surface area contributed by atoms with Crippen molar-refractivity contribution < 1.29 is 4.74 Å². The second kappa shape index (κ2) is 8.97. The van der Waals surface area contributed by atoms with Crippen LogP contribution in [0.5, 0.6) is 5.75 Å². The van der Waals surface area contributed by atoms with Crippen LogP contribution in [0.4, 0.5) is 0 Å². The van der Waals surface area contributed by atoms with E-state index in [1.165, 1.54) is 0 Å². The normalized spacial score (nSPS) is 11.8. The van der Waals surface area contributed by atoms with Gasteiger partial charge in [0.25, 0.3) is 0 Å². The maximum atomic E-state index is 5.52. The first-order chi connectivity index (χ1) is 12.8. The summed E-state index contributed by atoms with van der Waals surface area (Å²) < 4.78 is 7.62. The molecule has 3 aromatic rings. The van der Waals surface area contributed by atoms with Gasteiger partial charge in [0.05, 0.1) is 18.5 Å². The standard InChI is InChI=1S/C21H21N3OS/c1-3-14-24-20(18-10-12-19(13-11-18)25-4-2)16-26-21(24)23-22-15-17-8-6-5-7-9-17/h3,5-13,15-16H,1,4,14H2,2H3/b22-15-,23-21-. The summed E-state index contributed by atoms with van der Waals surface area (Å²) >= 11 is 1.56. The van der Waals surface area contributed by atoms with Crippen LogP contribution in [0.25, 0.3) is 11.3 Å². The first-order valence-corrected chi connectivity index (χ1v) is 9.34. The molecule has 3 rings (SSSR count). The summed E-state index contributed by atoms with van der Waals surface area (Å²) in [6.07, 6.45) is 3.62. The molecule has 2 aromatic carbocycles. The minimum atomic E-state index is 0.663. The Kier molecular flexibility index (Phi) is 6.17. The Labute approximate surface area is 157 Å². The smallest absolute Gasteiger partial charge is 0.211 e. The van der Waals surface area contributed by atoms with E-state index in [-0.39, 0.29) is 0 Å². The van der Waals surface area contributed by atoms with Gasteiger partial charge in [-0.05, 0) is 42.3 Å². The van der Waals surface area contributed by atoms with Gasteiger partial charge in [0, 0.05) is 11.9 Å². The third-order valence-electron chi connectivity index (χ3n) is 3.72. The Balaban J connectivity index is 1.91. The zero-order chi connectivity index (χ0) is 18.2. The number of benzene rings is 2. The lowest BCUT2D eigenvalue weighted by atomic mass is 10.1. The van der Waals surface area contributed by atoms with Crippen molar-refractivity contribution in [1.29, 1.82) is 0 Å². The van der Waals surface area contributed by atoms with Crippen LogP contribution in [0.15, 0.2) is 82.8 Å². The number of aromatic nitrogens is 1. The molecule has 26 heavy (non-hydrogen) atoms. The fourth-order valence-electron chi connectivity index (χ4n) is 2.52. The molecule has 0 atom stereocenters. The number of ether oxygens (including phenoxy) is 1. The van der Waals surface area contributed by atoms with Crippen molar-refractivity contribution in [2.24, 2.45) is 10.2 Å². The van der Waals surface area contributed by atoms with Crippen LogP contribution in [0, 0.1) is 0 Å². The Bertz CT molecular complexity index is 937. The van der Waals surface area contributed by atoms with Gasteiger partial charge in [0.15, 0.2) is 0 Å². The Morgan fingerprint density at radius 1 is 1.12 bits per heavy atom. The molecule has 0 spiro atoms. The number of hydrogen-bond donors (Lipinski definition) is 0. The van der Waals surface area contributed by atoms with E-state index in [1.54, 1.807) is 17.6 Å². The molecule has 0 aliphatic heterocycles. The van der Waals surface area contributed by atoms with E-state index in [2.05, 4.69) is 38.9 Å². The maximum absolute atomic E-state index is 5.52. The first-order valence-electron chi connectivity index (χ1n) is 8.46. The average molecular weight is 363 g/mol. The van der Waals surface area contributed by atoms with Crippen molar-refractivity contribution in [3.05, 3.63) is 83.0 Å². The van der Waals surface area contributed by atoms with Gasteiger partial charge in [-0.15, -0.1) is 23.0 Å². The van der Waals surface area contributed by atoms with Gasteiger partial charge in [-0.1, -0.05) is 36.4 Å². The highest BCUT2D eigenvalue weighted by Crippen LogP contribution is 2.23. The van der Waals surface area contributed by atoms with E-state index in [0.29, 0.717) is 13.2 Å². The second-order valence-electron chi connectivity index (χ2n) is 5.52. The summed E-state index contributed by atoms with van der Waals surface area (Å²) in [4.78, 5) is 0.834. The molecule has 1 heterocycles. The van der Waals surface area contributed by atoms with E-state index < -0.39 is 0 Å². The zero-order valence-electron chi connectivity index (χ0n) is 14.7. The molecule has 132 valence electrons. The first kappa shape index (κ1) is 17.9. The Morgan fingerprint density at radius 3 is 2.58 bits per heavy atom. The number of allylic oxidation sites excluding steroid dienone is 1. The van der Waals surface area contributed by atoms with Crippen molar-refractivity contribution >= 4 is 17.6 Å². The summed E-state index contributed by atoms with van der Waals surface area (Å²) in [5.41, 5.74) is 3.22. The van der Waals surface area contributed by atoms with Crippen LogP contribution in [0.3, 0.4) is 0 Å². The number of thiazole rings is 1. The van der Waals surface area contributed by atoms with E-state index in [1.807, 2.05) is 55.5 Å². The lowest BCUT2D eigenvalue weighted by molar-refractivity contribution is 0.340. The SMILES string of the molecule is C=CCn1c(-c2ccc(OCC)cc2)cs/c1=N\N=C/c1ccccc1.